The van der Waals surface area contributed by atoms with Gasteiger partial charge in [0.1, 0.15) is 5.82 Å². The normalized spacial score (nSPS) is 9.67. The van der Waals surface area contributed by atoms with Gasteiger partial charge in [0.2, 0.25) is 0 Å². The van der Waals surface area contributed by atoms with E-state index >= 15 is 0 Å². The van der Waals surface area contributed by atoms with Crippen LogP contribution in [0.3, 0.4) is 0 Å². The smallest absolute Gasteiger partial charge is 0.108 e. The Labute approximate surface area is 73.6 Å². The molecule has 2 nitrogen and oxygen atoms in total. The highest BCUT2D eigenvalue weighted by molar-refractivity contribution is 4.94. The highest BCUT2D eigenvalue weighted by atomic mass is 15.1. The zero-order chi connectivity index (χ0) is 8.81. The predicted molar refractivity (Wildman–Crippen MR) is 49.7 cm³/mol. The molecule has 0 spiro atoms. The summed E-state index contributed by atoms with van der Waals surface area (Å²) in [7, 11) is 0. The summed E-state index contributed by atoms with van der Waals surface area (Å²) in [6, 6.07) is 0. The number of hydrogen-bond donors (Lipinski definition) is 0. The van der Waals surface area contributed by atoms with Crippen molar-refractivity contribution in [2.75, 3.05) is 0 Å². The van der Waals surface area contributed by atoms with Crippen LogP contribution < -0.4 is 0 Å². The van der Waals surface area contributed by atoms with E-state index in [1.165, 1.54) is 0 Å². The molecule has 0 saturated heterocycles. The van der Waals surface area contributed by atoms with Crippen LogP contribution in [-0.2, 0) is 13.0 Å². The Bertz CT molecular complexity index is 268. The SMILES string of the molecule is C#CCCn1ccnc1CCC. The number of hydrogen-bond acceptors (Lipinski definition) is 1. The molecule has 0 aliphatic rings. The first-order chi connectivity index (χ1) is 5.88. The van der Waals surface area contributed by atoms with Crippen molar-refractivity contribution >= 4 is 0 Å². The molecule has 0 N–H and O–H groups in total. The molecule has 1 heterocycles. The first-order valence-corrected chi connectivity index (χ1v) is 4.32. The summed E-state index contributed by atoms with van der Waals surface area (Å²) in [4.78, 5) is 4.25. The van der Waals surface area contributed by atoms with Crippen LogP contribution in [0.1, 0.15) is 25.6 Å². The molecule has 0 radical (unpaired) electrons. The minimum atomic E-state index is 0.785. The molecule has 0 bridgehead atoms. The van der Waals surface area contributed by atoms with Crippen molar-refractivity contribution in [3.05, 3.63) is 18.2 Å². The summed E-state index contributed by atoms with van der Waals surface area (Å²) in [6.45, 7) is 3.05. The molecule has 12 heavy (non-hydrogen) atoms. The van der Waals surface area contributed by atoms with E-state index < -0.39 is 0 Å². The van der Waals surface area contributed by atoms with E-state index in [9.17, 15) is 0 Å². The first-order valence-electron chi connectivity index (χ1n) is 4.32. The molecule has 0 fully saturated rings. The Morgan fingerprint density at radius 1 is 1.67 bits per heavy atom. The van der Waals surface area contributed by atoms with Gasteiger partial charge in [-0.1, -0.05) is 6.92 Å². The molecule has 0 aliphatic heterocycles. The van der Waals surface area contributed by atoms with E-state index in [1.54, 1.807) is 0 Å². The lowest BCUT2D eigenvalue weighted by molar-refractivity contribution is 0.657. The highest BCUT2D eigenvalue weighted by Crippen LogP contribution is 2.01. The number of terminal acetylenes is 1. The van der Waals surface area contributed by atoms with Crippen LogP contribution in [0.15, 0.2) is 12.4 Å². The van der Waals surface area contributed by atoms with Gasteiger partial charge in [0.15, 0.2) is 0 Å². The minimum absolute atomic E-state index is 0.785. The summed E-state index contributed by atoms with van der Waals surface area (Å²) in [6.07, 6.45) is 12.0. The molecule has 0 amide bonds. The second-order valence-electron chi connectivity index (χ2n) is 2.74. The second kappa shape index (κ2) is 4.61. The van der Waals surface area contributed by atoms with Gasteiger partial charge in [0, 0.05) is 31.8 Å². The van der Waals surface area contributed by atoms with E-state index in [-0.39, 0.29) is 0 Å². The van der Waals surface area contributed by atoms with Crippen molar-refractivity contribution in [3.63, 3.8) is 0 Å². The Kier molecular flexibility index (Phi) is 3.40. The van der Waals surface area contributed by atoms with Crippen molar-refractivity contribution in [1.82, 2.24) is 9.55 Å². The van der Waals surface area contributed by atoms with E-state index in [0.29, 0.717) is 0 Å². The lowest BCUT2D eigenvalue weighted by atomic mass is 10.3. The van der Waals surface area contributed by atoms with Crippen LogP contribution in [-0.4, -0.2) is 9.55 Å². The lowest BCUT2D eigenvalue weighted by Gasteiger charge is -2.03. The fraction of sp³-hybridized carbons (Fsp3) is 0.500. The molecule has 0 aromatic carbocycles. The van der Waals surface area contributed by atoms with Gasteiger partial charge in [-0.15, -0.1) is 12.3 Å². The Morgan fingerprint density at radius 3 is 3.17 bits per heavy atom. The topological polar surface area (TPSA) is 17.8 Å². The lowest BCUT2D eigenvalue weighted by Crippen LogP contribution is -2.02. The van der Waals surface area contributed by atoms with Crippen LogP contribution in [0.2, 0.25) is 0 Å². The van der Waals surface area contributed by atoms with Gasteiger partial charge in [-0.3, -0.25) is 0 Å². The van der Waals surface area contributed by atoms with Gasteiger partial charge in [0.05, 0.1) is 0 Å². The monoisotopic (exact) mass is 162 g/mol. The summed E-state index contributed by atoms with van der Waals surface area (Å²) in [5.41, 5.74) is 0. The Morgan fingerprint density at radius 2 is 2.50 bits per heavy atom. The summed E-state index contributed by atoms with van der Waals surface area (Å²) < 4.78 is 2.13. The molecule has 0 aliphatic carbocycles. The molecular formula is C10H14N2. The van der Waals surface area contributed by atoms with Crippen LogP contribution in [0.5, 0.6) is 0 Å². The molecule has 0 unspecified atom stereocenters. The third-order valence-corrected chi connectivity index (χ3v) is 1.77. The fourth-order valence-electron chi connectivity index (χ4n) is 1.18. The second-order valence-corrected chi connectivity index (χ2v) is 2.74. The zero-order valence-corrected chi connectivity index (χ0v) is 7.45. The first kappa shape index (κ1) is 8.86. The van der Waals surface area contributed by atoms with Crippen LogP contribution in [0, 0.1) is 12.3 Å². The largest absolute Gasteiger partial charge is 0.334 e. The third-order valence-electron chi connectivity index (χ3n) is 1.77. The van der Waals surface area contributed by atoms with E-state index in [0.717, 1.165) is 31.6 Å². The molecule has 2 heteroatoms. The minimum Gasteiger partial charge on any atom is -0.334 e. The van der Waals surface area contributed by atoms with Crippen molar-refractivity contribution in [3.8, 4) is 12.3 Å². The number of aromatic nitrogens is 2. The van der Waals surface area contributed by atoms with E-state index in [4.69, 9.17) is 6.42 Å². The van der Waals surface area contributed by atoms with Crippen LogP contribution in [0.4, 0.5) is 0 Å². The molecule has 0 saturated carbocycles. The molecule has 1 aromatic heterocycles. The number of nitrogens with zero attached hydrogens (tertiary/aromatic N) is 2. The van der Waals surface area contributed by atoms with Gasteiger partial charge in [-0.2, -0.15) is 0 Å². The molecule has 1 aromatic rings. The molecular weight excluding hydrogens is 148 g/mol. The average Bonchev–Trinajstić information content (AvgIpc) is 2.50. The maximum atomic E-state index is 5.19. The summed E-state index contributed by atoms with van der Waals surface area (Å²) in [5, 5.41) is 0. The number of rotatable bonds is 4. The van der Waals surface area contributed by atoms with Crippen molar-refractivity contribution in [2.45, 2.75) is 32.7 Å². The van der Waals surface area contributed by atoms with Gasteiger partial charge in [-0.25, -0.2) is 4.98 Å². The highest BCUT2D eigenvalue weighted by Gasteiger charge is 1.98. The molecule has 1 rings (SSSR count). The van der Waals surface area contributed by atoms with Crippen molar-refractivity contribution in [2.24, 2.45) is 0 Å². The van der Waals surface area contributed by atoms with Crippen molar-refractivity contribution < 1.29 is 0 Å². The molecule has 64 valence electrons. The van der Waals surface area contributed by atoms with Crippen molar-refractivity contribution in [1.29, 1.82) is 0 Å². The van der Waals surface area contributed by atoms with Crippen LogP contribution >= 0.6 is 0 Å². The zero-order valence-electron chi connectivity index (χ0n) is 7.45. The quantitative estimate of drug-likeness (QED) is 0.618. The van der Waals surface area contributed by atoms with E-state index in [1.807, 2.05) is 12.4 Å². The maximum Gasteiger partial charge on any atom is 0.108 e. The van der Waals surface area contributed by atoms with Gasteiger partial charge < -0.3 is 4.57 Å². The Balaban J connectivity index is 2.58. The van der Waals surface area contributed by atoms with Gasteiger partial charge in [0.25, 0.3) is 0 Å². The van der Waals surface area contributed by atoms with Gasteiger partial charge in [-0.05, 0) is 6.42 Å². The fourth-order valence-corrected chi connectivity index (χ4v) is 1.18. The van der Waals surface area contributed by atoms with Crippen LogP contribution in [0.25, 0.3) is 0 Å². The average molecular weight is 162 g/mol. The number of imidazole rings is 1. The Hall–Kier alpha value is -1.23. The van der Waals surface area contributed by atoms with Gasteiger partial charge >= 0.3 is 0 Å². The standard InChI is InChI=1S/C10H14N2/c1-3-5-8-12-9-7-11-10(12)6-4-2/h1,7,9H,4-6,8H2,2H3. The van der Waals surface area contributed by atoms with E-state index in [2.05, 4.69) is 22.4 Å². The maximum absolute atomic E-state index is 5.19. The summed E-state index contributed by atoms with van der Waals surface area (Å²) >= 11 is 0. The number of aryl methyl sites for hydroxylation is 2. The summed E-state index contributed by atoms with van der Waals surface area (Å²) in [5.74, 6) is 3.77. The predicted octanol–water partition coefficient (Wildman–Crippen LogP) is 1.86. The third kappa shape index (κ3) is 2.13. The molecule has 0 atom stereocenters.